The second-order valence-corrected chi connectivity index (χ2v) is 4.97. The van der Waals surface area contributed by atoms with Gasteiger partial charge >= 0.3 is 0 Å². The van der Waals surface area contributed by atoms with E-state index in [1.54, 1.807) is 7.11 Å². The van der Waals surface area contributed by atoms with Gasteiger partial charge in [-0.15, -0.1) is 0 Å². The summed E-state index contributed by atoms with van der Waals surface area (Å²) < 4.78 is 5.04. The molecule has 0 radical (unpaired) electrons. The number of nitrogens with one attached hydrogen (secondary N) is 1. The Morgan fingerprint density at radius 3 is 2.76 bits per heavy atom. The standard InChI is InChI=1S/C15H23NO/c1-3-15(13-7-5-4-6-8-13)11-14(15)12-16-9-10-17-2/h4-8,14,16H,3,9-12H2,1-2H3. The van der Waals surface area contributed by atoms with Crippen LogP contribution in [0.2, 0.25) is 0 Å². The first-order valence-electron chi connectivity index (χ1n) is 6.58. The molecule has 2 nitrogen and oxygen atoms in total. The lowest BCUT2D eigenvalue weighted by Crippen LogP contribution is -2.24. The van der Waals surface area contributed by atoms with E-state index in [1.165, 1.54) is 18.4 Å². The van der Waals surface area contributed by atoms with Gasteiger partial charge in [-0.2, -0.15) is 0 Å². The number of hydrogen-bond acceptors (Lipinski definition) is 2. The van der Waals surface area contributed by atoms with Crippen LogP contribution >= 0.6 is 0 Å². The van der Waals surface area contributed by atoms with E-state index in [1.807, 2.05) is 0 Å². The monoisotopic (exact) mass is 233 g/mol. The average Bonchev–Trinajstić information content (AvgIpc) is 3.11. The largest absolute Gasteiger partial charge is 0.383 e. The van der Waals surface area contributed by atoms with E-state index in [0.717, 1.165) is 25.6 Å². The molecule has 1 fully saturated rings. The first kappa shape index (κ1) is 12.6. The predicted molar refractivity (Wildman–Crippen MR) is 71.3 cm³/mol. The smallest absolute Gasteiger partial charge is 0.0587 e. The van der Waals surface area contributed by atoms with E-state index < -0.39 is 0 Å². The highest BCUT2D eigenvalue weighted by atomic mass is 16.5. The fourth-order valence-corrected chi connectivity index (χ4v) is 2.86. The van der Waals surface area contributed by atoms with Crippen molar-refractivity contribution >= 4 is 0 Å². The van der Waals surface area contributed by atoms with Gasteiger partial charge in [-0.1, -0.05) is 37.3 Å². The Balaban J connectivity index is 1.88. The third-order valence-corrected chi connectivity index (χ3v) is 4.09. The number of benzene rings is 1. The van der Waals surface area contributed by atoms with Crippen molar-refractivity contribution in [3.8, 4) is 0 Å². The topological polar surface area (TPSA) is 21.3 Å². The van der Waals surface area contributed by atoms with Crippen molar-refractivity contribution in [2.75, 3.05) is 26.8 Å². The van der Waals surface area contributed by atoms with Crippen LogP contribution in [0, 0.1) is 5.92 Å². The molecular formula is C15H23NO. The molecule has 0 spiro atoms. The quantitative estimate of drug-likeness (QED) is 0.731. The van der Waals surface area contributed by atoms with Crippen molar-refractivity contribution in [1.82, 2.24) is 5.32 Å². The van der Waals surface area contributed by atoms with Crippen LogP contribution in [-0.2, 0) is 10.2 Å². The summed E-state index contributed by atoms with van der Waals surface area (Å²) in [5.74, 6) is 0.798. The lowest BCUT2D eigenvalue weighted by molar-refractivity contribution is 0.199. The molecule has 2 rings (SSSR count). The minimum absolute atomic E-state index is 0.446. The summed E-state index contributed by atoms with van der Waals surface area (Å²) in [6, 6.07) is 11.0. The molecule has 0 bridgehead atoms. The summed E-state index contributed by atoms with van der Waals surface area (Å²) in [4.78, 5) is 0. The number of rotatable bonds is 7. The minimum Gasteiger partial charge on any atom is -0.383 e. The summed E-state index contributed by atoms with van der Waals surface area (Å²) >= 11 is 0. The third kappa shape index (κ3) is 2.70. The van der Waals surface area contributed by atoms with Crippen LogP contribution in [0.3, 0.4) is 0 Å². The zero-order valence-electron chi connectivity index (χ0n) is 10.9. The summed E-state index contributed by atoms with van der Waals surface area (Å²) in [6.45, 7) is 5.19. The second kappa shape index (κ2) is 5.65. The third-order valence-electron chi connectivity index (χ3n) is 4.09. The number of hydrogen-bond donors (Lipinski definition) is 1. The van der Waals surface area contributed by atoms with Gasteiger partial charge in [-0.25, -0.2) is 0 Å². The minimum atomic E-state index is 0.446. The van der Waals surface area contributed by atoms with Crippen molar-refractivity contribution in [3.05, 3.63) is 35.9 Å². The van der Waals surface area contributed by atoms with Crippen molar-refractivity contribution in [2.24, 2.45) is 5.92 Å². The van der Waals surface area contributed by atoms with Gasteiger partial charge in [-0.3, -0.25) is 0 Å². The van der Waals surface area contributed by atoms with Crippen LogP contribution in [0.1, 0.15) is 25.3 Å². The SMILES string of the molecule is CCC1(c2ccccc2)CC1CNCCOC. The van der Waals surface area contributed by atoms with Gasteiger partial charge < -0.3 is 10.1 Å². The Morgan fingerprint density at radius 1 is 1.35 bits per heavy atom. The number of ether oxygens (including phenoxy) is 1. The van der Waals surface area contributed by atoms with Gasteiger partial charge in [0.1, 0.15) is 0 Å². The first-order valence-corrected chi connectivity index (χ1v) is 6.58. The zero-order chi connectivity index (χ0) is 12.1. The lowest BCUT2D eigenvalue weighted by atomic mass is 9.90. The van der Waals surface area contributed by atoms with Gasteiger partial charge in [0.2, 0.25) is 0 Å². The highest BCUT2D eigenvalue weighted by molar-refractivity contribution is 5.33. The molecule has 0 aliphatic heterocycles. The maximum atomic E-state index is 5.04. The van der Waals surface area contributed by atoms with Gasteiger partial charge in [0.25, 0.3) is 0 Å². The Bertz CT molecular complexity index is 338. The van der Waals surface area contributed by atoms with E-state index >= 15 is 0 Å². The van der Waals surface area contributed by atoms with Gasteiger partial charge in [0.05, 0.1) is 6.61 Å². The Kier molecular flexibility index (Phi) is 4.19. The molecule has 0 saturated heterocycles. The van der Waals surface area contributed by atoms with Crippen LogP contribution in [0.15, 0.2) is 30.3 Å². The molecule has 2 unspecified atom stereocenters. The first-order chi connectivity index (χ1) is 8.33. The lowest BCUT2D eigenvalue weighted by Gasteiger charge is -2.16. The van der Waals surface area contributed by atoms with E-state index in [0.29, 0.717) is 5.41 Å². The molecule has 17 heavy (non-hydrogen) atoms. The van der Waals surface area contributed by atoms with Crippen molar-refractivity contribution in [2.45, 2.75) is 25.2 Å². The molecule has 0 aromatic heterocycles. The molecule has 1 saturated carbocycles. The van der Waals surface area contributed by atoms with E-state index in [9.17, 15) is 0 Å². The molecular weight excluding hydrogens is 210 g/mol. The molecule has 1 aromatic rings. The molecule has 1 aromatic carbocycles. The fourth-order valence-electron chi connectivity index (χ4n) is 2.86. The zero-order valence-corrected chi connectivity index (χ0v) is 10.9. The highest BCUT2D eigenvalue weighted by Gasteiger charge is 2.52. The van der Waals surface area contributed by atoms with E-state index in [2.05, 4.69) is 42.6 Å². The van der Waals surface area contributed by atoms with Crippen LogP contribution < -0.4 is 5.32 Å². The van der Waals surface area contributed by atoms with Crippen LogP contribution in [0.4, 0.5) is 0 Å². The molecule has 94 valence electrons. The van der Waals surface area contributed by atoms with Crippen molar-refractivity contribution in [1.29, 1.82) is 0 Å². The summed E-state index contributed by atoms with van der Waals surface area (Å²) in [6.07, 6.45) is 2.57. The Hall–Kier alpha value is -0.860. The molecule has 1 aliphatic carbocycles. The van der Waals surface area contributed by atoms with Crippen molar-refractivity contribution in [3.63, 3.8) is 0 Å². The molecule has 1 aliphatic rings. The molecule has 2 atom stereocenters. The maximum Gasteiger partial charge on any atom is 0.0587 e. The van der Waals surface area contributed by atoms with Gasteiger partial charge in [-0.05, 0) is 36.3 Å². The molecule has 0 heterocycles. The highest BCUT2D eigenvalue weighted by Crippen LogP contribution is 2.56. The molecule has 1 N–H and O–H groups in total. The molecule has 0 amide bonds. The van der Waals surface area contributed by atoms with Gasteiger partial charge in [0, 0.05) is 13.7 Å². The summed E-state index contributed by atoms with van der Waals surface area (Å²) in [5, 5.41) is 3.48. The predicted octanol–water partition coefficient (Wildman–Crippen LogP) is 2.59. The summed E-state index contributed by atoms with van der Waals surface area (Å²) in [5.41, 5.74) is 1.96. The second-order valence-electron chi connectivity index (χ2n) is 4.97. The van der Waals surface area contributed by atoms with Crippen LogP contribution in [0.5, 0.6) is 0 Å². The van der Waals surface area contributed by atoms with Crippen LogP contribution in [0.25, 0.3) is 0 Å². The average molecular weight is 233 g/mol. The van der Waals surface area contributed by atoms with Gasteiger partial charge in [0.15, 0.2) is 0 Å². The normalized spacial score (nSPS) is 27.1. The number of methoxy groups -OCH3 is 1. The van der Waals surface area contributed by atoms with Crippen molar-refractivity contribution < 1.29 is 4.74 Å². The fraction of sp³-hybridized carbons (Fsp3) is 0.600. The molecule has 2 heteroatoms. The summed E-state index contributed by atoms with van der Waals surface area (Å²) in [7, 11) is 1.75. The Morgan fingerprint density at radius 2 is 2.12 bits per heavy atom. The Labute approximate surface area is 104 Å². The van der Waals surface area contributed by atoms with E-state index in [-0.39, 0.29) is 0 Å². The maximum absolute atomic E-state index is 5.04. The van der Waals surface area contributed by atoms with Crippen LogP contribution in [-0.4, -0.2) is 26.8 Å². The van der Waals surface area contributed by atoms with E-state index in [4.69, 9.17) is 4.74 Å².